The Balaban J connectivity index is 2.10. The quantitative estimate of drug-likeness (QED) is 0.304. The highest BCUT2D eigenvalue weighted by atomic mass is 79.9. The van der Waals surface area contributed by atoms with Gasteiger partial charge < -0.3 is 10.2 Å². The number of hydrogen-bond acceptors (Lipinski definition) is 4. The summed E-state index contributed by atoms with van der Waals surface area (Å²) in [4.78, 5) is 29.4. The molecule has 0 unspecified atom stereocenters. The third-order valence-electron chi connectivity index (χ3n) is 6.20. The number of hydrogen-bond donors (Lipinski definition) is 1. The normalized spacial score (nSPS) is 12.5. The number of nitrogens with one attached hydrogen (secondary N) is 1. The van der Waals surface area contributed by atoms with Gasteiger partial charge in [0.1, 0.15) is 12.6 Å². The van der Waals surface area contributed by atoms with Crippen molar-refractivity contribution in [3.05, 3.63) is 99.0 Å². The lowest BCUT2D eigenvalue weighted by molar-refractivity contribution is -0.140. The third-order valence-corrected chi connectivity index (χ3v) is 8.23. The van der Waals surface area contributed by atoms with Crippen LogP contribution in [0.15, 0.2) is 77.3 Å². The van der Waals surface area contributed by atoms with Crippen LogP contribution in [0.1, 0.15) is 37.5 Å². The molecule has 3 rings (SSSR count). The van der Waals surface area contributed by atoms with Crippen molar-refractivity contribution in [2.75, 3.05) is 17.1 Å². The molecule has 7 nitrogen and oxygen atoms in total. The fraction of sp³-hybridized carbons (Fsp3) is 0.333. The molecule has 0 aliphatic heterocycles. The Kier molecular flexibility index (Phi) is 10.4. The van der Waals surface area contributed by atoms with Crippen molar-refractivity contribution in [2.45, 2.75) is 52.2 Å². The number of carbonyl (C=O) groups excluding carboxylic acids is 2. The number of anilines is 1. The van der Waals surface area contributed by atoms with Crippen LogP contribution in [-0.2, 0) is 32.6 Å². The molecule has 0 heterocycles. The van der Waals surface area contributed by atoms with Gasteiger partial charge in [0.25, 0.3) is 0 Å². The number of halogens is 2. The molecule has 0 aliphatic rings. The predicted molar refractivity (Wildman–Crippen MR) is 165 cm³/mol. The molecule has 214 valence electrons. The Bertz CT molecular complexity index is 1460. The zero-order valence-electron chi connectivity index (χ0n) is 23.3. The van der Waals surface area contributed by atoms with Crippen molar-refractivity contribution in [2.24, 2.45) is 0 Å². The number of benzene rings is 3. The van der Waals surface area contributed by atoms with Crippen LogP contribution >= 0.6 is 27.5 Å². The summed E-state index contributed by atoms with van der Waals surface area (Å²) in [6.07, 6.45) is 1.30. The van der Waals surface area contributed by atoms with Crippen molar-refractivity contribution in [1.29, 1.82) is 0 Å². The smallest absolute Gasteiger partial charge is 0.244 e. The number of sulfonamides is 1. The van der Waals surface area contributed by atoms with E-state index in [1.54, 1.807) is 25.1 Å². The van der Waals surface area contributed by atoms with Crippen LogP contribution < -0.4 is 9.62 Å². The molecule has 2 amide bonds. The molecule has 0 saturated carbocycles. The maximum Gasteiger partial charge on any atom is 0.244 e. The summed E-state index contributed by atoms with van der Waals surface area (Å²) >= 11 is 9.78. The lowest BCUT2D eigenvalue weighted by Gasteiger charge is -2.35. The summed E-state index contributed by atoms with van der Waals surface area (Å²) < 4.78 is 27.8. The highest BCUT2D eigenvalue weighted by Crippen LogP contribution is 2.29. The second kappa shape index (κ2) is 13.2. The second-order valence-electron chi connectivity index (χ2n) is 10.7. The molecule has 0 radical (unpaired) electrons. The number of nitrogens with zero attached hydrogens (tertiary/aromatic N) is 2. The van der Waals surface area contributed by atoms with Crippen LogP contribution in [0.25, 0.3) is 0 Å². The molecular weight excluding hydrogens is 614 g/mol. The predicted octanol–water partition coefficient (Wildman–Crippen LogP) is 5.73. The number of rotatable bonds is 10. The monoisotopic (exact) mass is 647 g/mol. The van der Waals surface area contributed by atoms with E-state index >= 15 is 0 Å². The van der Waals surface area contributed by atoms with Gasteiger partial charge in [-0.3, -0.25) is 13.9 Å². The Morgan fingerprint density at radius 2 is 1.60 bits per heavy atom. The minimum absolute atomic E-state index is 0.0967. The molecule has 0 aromatic heterocycles. The van der Waals surface area contributed by atoms with E-state index in [0.29, 0.717) is 16.3 Å². The molecule has 0 spiro atoms. The van der Waals surface area contributed by atoms with Crippen LogP contribution in [0.5, 0.6) is 0 Å². The van der Waals surface area contributed by atoms with Crippen LogP contribution in [0, 0.1) is 6.92 Å². The summed E-state index contributed by atoms with van der Waals surface area (Å²) in [5.41, 5.74) is 1.95. The van der Waals surface area contributed by atoms with Crippen LogP contribution in [-0.4, -0.2) is 49.5 Å². The van der Waals surface area contributed by atoms with Crippen molar-refractivity contribution < 1.29 is 18.0 Å². The molecule has 0 saturated heterocycles. The first-order valence-electron chi connectivity index (χ1n) is 12.8. The largest absolute Gasteiger partial charge is 0.350 e. The van der Waals surface area contributed by atoms with E-state index in [1.165, 1.54) is 4.90 Å². The summed E-state index contributed by atoms with van der Waals surface area (Å²) in [7, 11) is -3.88. The van der Waals surface area contributed by atoms with E-state index < -0.39 is 34.1 Å². The first-order chi connectivity index (χ1) is 18.7. The number of amides is 2. The third kappa shape index (κ3) is 8.81. The van der Waals surface area contributed by atoms with Gasteiger partial charge in [-0.25, -0.2) is 8.42 Å². The van der Waals surface area contributed by atoms with Gasteiger partial charge in [-0.1, -0.05) is 76.1 Å². The van der Waals surface area contributed by atoms with Gasteiger partial charge >= 0.3 is 0 Å². The molecule has 3 aromatic rings. The lowest BCUT2D eigenvalue weighted by Crippen LogP contribution is -2.56. The summed E-state index contributed by atoms with van der Waals surface area (Å²) in [6.45, 7) is 6.92. The Morgan fingerprint density at radius 1 is 0.975 bits per heavy atom. The second-order valence-corrected chi connectivity index (χ2v) is 14.0. The molecular formula is C30H35BrClN3O4S. The zero-order valence-corrected chi connectivity index (χ0v) is 26.5. The highest BCUT2D eigenvalue weighted by Gasteiger charge is 2.34. The molecule has 3 aromatic carbocycles. The molecule has 1 atom stereocenters. The minimum Gasteiger partial charge on any atom is -0.350 e. The average Bonchev–Trinajstić information content (AvgIpc) is 2.85. The fourth-order valence-electron chi connectivity index (χ4n) is 4.30. The molecule has 1 N–H and O–H groups in total. The number of carbonyl (C=O) groups is 2. The molecule has 0 aliphatic carbocycles. The van der Waals surface area contributed by atoms with Gasteiger partial charge in [0.2, 0.25) is 21.8 Å². The van der Waals surface area contributed by atoms with Gasteiger partial charge in [0, 0.05) is 28.0 Å². The van der Waals surface area contributed by atoms with Crippen LogP contribution in [0.2, 0.25) is 5.02 Å². The highest BCUT2D eigenvalue weighted by molar-refractivity contribution is 9.10. The Labute approximate surface area is 250 Å². The van der Waals surface area contributed by atoms with Crippen molar-refractivity contribution in [3.8, 4) is 0 Å². The summed E-state index contributed by atoms with van der Waals surface area (Å²) in [6, 6.07) is 20.9. The molecule has 10 heteroatoms. The summed E-state index contributed by atoms with van der Waals surface area (Å²) in [5, 5.41) is 3.40. The SMILES string of the molecule is Cc1c(Cl)cccc1N(CC(=O)N(Cc1cccc(Br)c1)[C@@H](Cc1ccccc1)C(=O)NC(C)(C)C)S(C)(=O)=O. The first-order valence-corrected chi connectivity index (χ1v) is 15.8. The average molecular weight is 649 g/mol. The lowest BCUT2D eigenvalue weighted by atomic mass is 10.0. The maximum atomic E-state index is 14.2. The topological polar surface area (TPSA) is 86.8 Å². The van der Waals surface area contributed by atoms with Crippen molar-refractivity contribution in [1.82, 2.24) is 10.2 Å². The van der Waals surface area contributed by atoms with Gasteiger partial charge in [-0.05, 0) is 68.7 Å². The van der Waals surface area contributed by atoms with Crippen molar-refractivity contribution in [3.63, 3.8) is 0 Å². The van der Waals surface area contributed by atoms with Gasteiger partial charge in [-0.15, -0.1) is 0 Å². The fourth-order valence-corrected chi connectivity index (χ4v) is 5.82. The van der Waals surface area contributed by atoms with Gasteiger partial charge in [0.15, 0.2) is 0 Å². The van der Waals surface area contributed by atoms with E-state index in [1.807, 2.05) is 75.4 Å². The summed E-state index contributed by atoms with van der Waals surface area (Å²) in [5.74, 6) is -0.848. The molecule has 0 fully saturated rings. The Hall–Kier alpha value is -2.88. The Morgan fingerprint density at radius 3 is 2.20 bits per heavy atom. The first kappa shape index (κ1) is 31.6. The standard InChI is InChI=1S/C30H35BrClN3O4S/c1-21-25(32)15-10-16-26(21)35(40(5,38)39)20-28(36)34(19-23-13-9-14-24(31)17-23)27(29(37)33-30(2,3)4)18-22-11-7-6-8-12-22/h6-17,27H,18-20H2,1-5H3,(H,33,37)/t27-/m0/s1. The van der Waals surface area contributed by atoms with E-state index in [0.717, 1.165) is 26.2 Å². The van der Waals surface area contributed by atoms with Gasteiger partial charge in [0.05, 0.1) is 11.9 Å². The van der Waals surface area contributed by atoms with Crippen LogP contribution in [0.4, 0.5) is 5.69 Å². The zero-order chi connectivity index (χ0) is 29.7. The van der Waals surface area contributed by atoms with E-state index in [2.05, 4.69) is 21.2 Å². The maximum absolute atomic E-state index is 14.2. The molecule has 0 bridgehead atoms. The van der Waals surface area contributed by atoms with Crippen LogP contribution in [0.3, 0.4) is 0 Å². The van der Waals surface area contributed by atoms with E-state index in [-0.39, 0.29) is 18.9 Å². The van der Waals surface area contributed by atoms with E-state index in [9.17, 15) is 18.0 Å². The minimum atomic E-state index is -3.88. The molecule has 40 heavy (non-hydrogen) atoms. The van der Waals surface area contributed by atoms with Gasteiger partial charge in [-0.2, -0.15) is 0 Å². The van der Waals surface area contributed by atoms with Crippen molar-refractivity contribution >= 4 is 55.1 Å². The van der Waals surface area contributed by atoms with E-state index in [4.69, 9.17) is 11.6 Å².